The Kier molecular flexibility index (Phi) is 5.51. The average Bonchev–Trinajstić information content (AvgIpc) is 3.05. The minimum atomic E-state index is 0.144. The van der Waals surface area contributed by atoms with E-state index in [-0.39, 0.29) is 5.91 Å². The number of pyridine rings is 1. The van der Waals surface area contributed by atoms with Crippen LogP contribution >= 0.6 is 0 Å². The SMILES string of the molecule is CCCc1cc(N2CCN(C(=O)Cc3c(C)noc3C)CC2)c2ccccc2n1. The molecule has 0 saturated carbocycles. The van der Waals surface area contributed by atoms with Crippen LogP contribution in [0.4, 0.5) is 5.69 Å². The molecule has 3 aromatic rings. The second-order valence-corrected chi connectivity index (χ2v) is 7.75. The van der Waals surface area contributed by atoms with Crippen molar-refractivity contribution in [2.24, 2.45) is 0 Å². The summed E-state index contributed by atoms with van der Waals surface area (Å²) in [5.74, 6) is 0.881. The van der Waals surface area contributed by atoms with Crippen LogP contribution in [0, 0.1) is 13.8 Å². The van der Waals surface area contributed by atoms with Crippen LogP contribution in [0.3, 0.4) is 0 Å². The quantitative estimate of drug-likeness (QED) is 0.663. The molecule has 152 valence electrons. The molecular formula is C23H28N4O2. The summed E-state index contributed by atoms with van der Waals surface area (Å²) in [6.07, 6.45) is 2.42. The molecule has 29 heavy (non-hydrogen) atoms. The second kappa shape index (κ2) is 8.23. The highest BCUT2D eigenvalue weighted by Crippen LogP contribution is 2.28. The van der Waals surface area contributed by atoms with Crippen molar-refractivity contribution in [3.63, 3.8) is 0 Å². The first kappa shape index (κ1) is 19.4. The van der Waals surface area contributed by atoms with Gasteiger partial charge in [-0.05, 0) is 32.4 Å². The molecule has 1 aliphatic rings. The van der Waals surface area contributed by atoms with Gasteiger partial charge in [0.1, 0.15) is 5.76 Å². The Morgan fingerprint density at radius 3 is 2.59 bits per heavy atom. The fourth-order valence-corrected chi connectivity index (χ4v) is 4.07. The lowest BCUT2D eigenvalue weighted by molar-refractivity contribution is -0.130. The molecule has 0 bridgehead atoms. The van der Waals surface area contributed by atoms with Gasteiger partial charge >= 0.3 is 0 Å². The fraction of sp³-hybridized carbons (Fsp3) is 0.435. The van der Waals surface area contributed by atoms with Gasteiger partial charge in [-0.3, -0.25) is 9.78 Å². The van der Waals surface area contributed by atoms with Crippen LogP contribution in [0.2, 0.25) is 0 Å². The number of rotatable bonds is 5. The van der Waals surface area contributed by atoms with Crippen molar-refractivity contribution in [2.75, 3.05) is 31.1 Å². The van der Waals surface area contributed by atoms with E-state index in [2.05, 4.69) is 41.2 Å². The lowest BCUT2D eigenvalue weighted by Gasteiger charge is -2.36. The van der Waals surface area contributed by atoms with Gasteiger partial charge in [0, 0.05) is 48.5 Å². The molecule has 0 unspecified atom stereocenters. The van der Waals surface area contributed by atoms with E-state index in [0.717, 1.165) is 67.2 Å². The van der Waals surface area contributed by atoms with Crippen LogP contribution in [-0.4, -0.2) is 47.1 Å². The van der Waals surface area contributed by atoms with Crippen molar-refractivity contribution >= 4 is 22.5 Å². The molecule has 0 radical (unpaired) electrons. The van der Waals surface area contributed by atoms with E-state index in [1.165, 1.54) is 11.1 Å². The van der Waals surface area contributed by atoms with Crippen molar-refractivity contribution in [1.82, 2.24) is 15.0 Å². The van der Waals surface area contributed by atoms with Gasteiger partial charge in [0.2, 0.25) is 5.91 Å². The number of carbonyl (C=O) groups excluding carboxylic acids is 1. The molecule has 1 fully saturated rings. The zero-order valence-electron chi connectivity index (χ0n) is 17.4. The largest absolute Gasteiger partial charge is 0.367 e. The van der Waals surface area contributed by atoms with Crippen LogP contribution in [0.5, 0.6) is 0 Å². The van der Waals surface area contributed by atoms with Crippen molar-refractivity contribution in [3.8, 4) is 0 Å². The number of aromatic nitrogens is 2. The lowest BCUT2D eigenvalue weighted by atomic mass is 10.1. The van der Waals surface area contributed by atoms with Crippen molar-refractivity contribution < 1.29 is 9.32 Å². The topological polar surface area (TPSA) is 62.5 Å². The molecule has 2 aromatic heterocycles. The normalized spacial score (nSPS) is 14.6. The average molecular weight is 393 g/mol. The number of nitrogens with zero attached hydrogens (tertiary/aromatic N) is 4. The van der Waals surface area contributed by atoms with Gasteiger partial charge in [0.15, 0.2) is 0 Å². The Bertz CT molecular complexity index is 999. The number of anilines is 1. The molecule has 0 aliphatic carbocycles. The summed E-state index contributed by atoms with van der Waals surface area (Å²) in [6.45, 7) is 9.03. The van der Waals surface area contributed by atoms with E-state index < -0.39 is 0 Å². The number of carbonyl (C=O) groups is 1. The minimum Gasteiger partial charge on any atom is -0.367 e. The minimum absolute atomic E-state index is 0.144. The summed E-state index contributed by atoms with van der Waals surface area (Å²) in [6, 6.07) is 10.6. The maximum Gasteiger partial charge on any atom is 0.227 e. The monoisotopic (exact) mass is 392 g/mol. The van der Waals surface area contributed by atoms with Crippen molar-refractivity contribution in [2.45, 2.75) is 40.0 Å². The first-order chi connectivity index (χ1) is 14.1. The third-order valence-electron chi connectivity index (χ3n) is 5.74. The van der Waals surface area contributed by atoms with Gasteiger partial charge in [-0.1, -0.05) is 36.7 Å². The molecule has 0 atom stereocenters. The molecule has 0 spiro atoms. The smallest absolute Gasteiger partial charge is 0.227 e. The number of aryl methyl sites for hydroxylation is 3. The highest BCUT2D eigenvalue weighted by molar-refractivity contribution is 5.92. The number of piperazine rings is 1. The van der Waals surface area contributed by atoms with E-state index in [9.17, 15) is 4.79 Å². The Morgan fingerprint density at radius 2 is 1.90 bits per heavy atom. The Balaban J connectivity index is 1.49. The number of benzene rings is 1. The third-order valence-corrected chi connectivity index (χ3v) is 5.74. The molecule has 1 saturated heterocycles. The van der Waals surface area contributed by atoms with E-state index in [1.54, 1.807) is 0 Å². The summed E-state index contributed by atoms with van der Waals surface area (Å²) in [4.78, 5) is 22.0. The van der Waals surface area contributed by atoms with E-state index in [4.69, 9.17) is 9.51 Å². The molecule has 6 nitrogen and oxygen atoms in total. The van der Waals surface area contributed by atoms with Gasteiger partial charge in [-0.25, -0.2) is 0 Å². The summed E-state index contributed by atoms with van der Waals surface area (Å²) < 4.78 is 5.20. The van der Waals surface area contributed by atoms with Gasteiger partial charge in [0.05, 0.1) is 17.6 Å². The zero-order valence-corrected chi connectivity index (χ0v) is 17.4. The maximum absolute atomic E-state index is 12.8. The predicted octanol–water partition coefficient (Wildman–Crippen LogP) is 3.68. The van der Waals surface area contributed by atoms with Gasteiger partial charge in [-0.15, -0.1) is 0 Å². The first-order valence-electron chi connectivity index (χ1n) is 10.4. The Labute approximate surface area is 171 Å². The molecule has 3 heterocycles. The number of hydrogen-bond donors (Lipinski definition) is 0. The summed E-state index contributed by atoms with van der Waals surface area (Å²) in [5, 5.41) is 5.14. The second-order valence-electron chi connectivity index (χ2n) is 7.75. The van der Waals surface area contributed by atoms with Crippen LogP contribution in [0.25, 0.3) is 10.9 Å². The molecule has 1 aromatic carbocycles. The summed E-state index contributed by atoms with van der Waals surface area (Å²) >= 11 is 0. The Hall–Kier alpha value is -2.89. The standard InChI is InChI=1S/C23H28N4O2/c1-4-7-18-14-22(19-8-5-6-9-21(19)24-18)26-10-12-27(13-11-26)23(28)15-20-16(2)25-29-17(20)3/h5-6,8-9,14H,4,7,10-13,15H2,1-3H3. The van der Waals surface area contributed by atoms with Crippen molar-refractivity contribution in [3.05, 3.63) is 53.0 Å². The summed E-state index contributed by atoms with van der Waals surface area (Å²) in [7, 11) is 0. The molecular weight excluding hydrogens is 364 g/mol. The van der Waals surface area contributed by atoms with Crippen LogP contribution in [-0.2, 0) is 17.6 Å². The number of hydrogen-bond acceptors (Lipinski definition) is 5. The van der Waals surface area contributed by atoms with Crippen LogP contribution in [0.1, 0.15) is 36.1 Å². The number of para-hydroxylation sites is 1. The van der Waals surface area contributed by atoms with E-state index in [1.807, 2.05) is 24.8 Å². The maximum atomic E-state index is 12.8. The predicted molar refractivity (Wildman–Crippen MR) is 114 cm³/mol. The van der Waals surface area contributed by atoms with Gasteiger partial charge < -0.3 is 14.3 Å². The molecule has 6 heteroatoms. The highest BCUT2D eigenvalue weighted by atomic mass is 16.5. The van der Waals surface area contributed by atoms with E-state index >= 15 is 0 Å². The number of amides is 1. The lowest BCUT2D eigenvalue weighted by Crippen LogP contribution is -2.49. The van der Waals surface area contributed by atoms with Gasteiger partial charge in [0.25, 0.3) is 0 Å². The molecule has 1 amide bonds. The zero-order chi connectivity index (χ0) is 20.4. The van der Waals surface area contributed by atoms with Crippen molar-refractivity contribution in [1.29, 1.82) is 0 Å². The molecule has 1 aliphatic heterocycles. The molecule has 4 rings (SSSR count). The van der Waals surface area contributed by atoms with Gasteiger partial charge in [-0.2, -0.15) is 0 Å². The fourth-order valence-electron chi connectivity index (χ4n) is 4.07. The number of fused-ring (bicyclic) bond motifs is 1. The summed E-state index contributed by atoms with van der Waals surface area (Å²) in [5.41, 5.74) is 5.14. The Morgan fingerprint density at radius 1 is 1.14 bits per heavy atom. The first-order valence-corrected chi connectivity index (χ1v) is 10.4. The van der Waals surface area contributed by atoms with E-state index in [0.29, 0.717) is 6.42 Å². The van der Waals surface area contributed by atoms with Crippen LogP contribution < -0.4 is 4.90 Å². The third kappa shape index (κ3) is 3.97. The molecule has 0 N–H and O–H groups in total. The highest BCUT2D eigenvalue weighted by Gasteiger charge is 2.24. The van der Waals surface area contributed by atoms with Crippen LogP contribution in [0.15, 0.2) is 34.9 Å².